The van der Waals surface area contributed by atoms with E-state index in [2.05, 4.69) is 0 Å². The van der Waals surface area contributed by atoms with Gasteiger partial charge >= 0.3 is 0 Å². The Balaban J connectivity index is 2.11. The summed E-state index contributed by atoms with van der Waals surface area (Å²) in [4.78, 5) is 0. The number of hydrogen-bond donors (Lipinski definition) is 0. The number of hydrogen-bond acceptors (Lipinski definition) is 0. The third-order valence-electron chi connectivity index (χ3n) is 4.01. The van der Waals surface area contributed by atoms with Crippen molar-refractivity contribution in [2.24, 2.45) is 5.92 Å². The average molecular weight is 150 g/mol. The third-order valence-corrected chi connectivity index (χ3v) is 4.01. The van der Waals surface area contributed by atoms with Crippen molar-refractivity contribution in [1.29, 1.82) is 0 Å². The molecule has 2 bridgehead atoms. The van der Waals surface area contributed by atoms with E-state index in [1.165, 1.54) is 44.2 Å². The quantitative estimate of drug-likeness (QED) is 0.473. The normalized spacial score (nSPS) is 47.1. The van der Waals surface area contributed by atoms with Crippen LogP contribution in [0.25, 0.3) is 5.84 Å². The lowest BCUT2D eigenvalue weighted by atomic mass is 9.79. The summed E-state index contributed by atoms with van der Waals surface area (Å²) in [5.41, 5.74) is 1.77. The van der Waals surface area contributed by atoms with E-state index in [0.29, 0.717) is 5.54 Å². The zero-order valence-electron chi connectivity index (χ0n) is 6.77. The molecule has 0 aromatic heterocycles. The molecule has 1 fully saturated rings. The lowest BCUT2D eigenvalue weighted by Crippen LogP contribution is -2.35. The van der Waals surface area contributed by atoms with E-state index in [0.717, 1.165) is 5.92 Å². The minimum Gasteiger partial charge on any atom is -0.454 e. The smallest absolute Gasteiger partial charge is 0.160 e. The van der Waals surface area contributed by atoms with Crippen LogP contribution in [-0.4, -0.2) is 15.9 Å². The Hall–Kier alpha value is -0.530. The van der Waals surface area contributed by atoms with Gasteiger partial charge in [0.2, 0.25) is 0 Å². The molecule has 2 heterocycles. The predicted molar refractivity (Wildman–Crippen MR) is 43.5 cm³/mol. The van der Waals surface area contributed by atoms with Crippen LogP contribution >= 0.6 is 0 Å². The highest BCUT2D eigenvalue weighted by atomic mass is 15.4. The summed E-state index contributed by atoms with van der Waals surface area (Å²) in [7, 11) is 0. The summed E-state index contributed by atoms with van der Waals surface area (Å²) in [6.45, 7) is 0. The Bertz CT molecular complexity index is 244. The maximum atomic E-state index is 7.92. The second-order valence-electron chi connectivity index (χ2n) is 4.30. The van der Waals surface area contributed by atoms with Crippen LogP contribution in [0.5, 0.6) is 0 Å². The molecule has 60 valence electrons. The summed E-state index contributed by atoms with van der Waals surface area (Å²) >= 11 is 0. The molecule has 0 amide bonds. The summed E-state index contributed by atoms with van der Waals surface area (Å²) in [6.07, 6.45) is 7.82. The summed E-state index contributed by atoms with van der Waals surface area (Å²) in [5.74, 6) is 8.79. The summed E-state index contributed by atoms with van der Waals surface area (Å²) in [5, 5.41) is 0. The van der Waals surface area contributed by atoms with Gasteiger partial charge in [0.25, 0.3) is 0 Å². The zero-order valence-corrected chi connectivity index (χ0v) is 6.77. The van der Waals surface area contributed by atoms with Gasteiger partial charge in [-0.15, -0.1) is 0 Å². The van der Waals surface area contributed by atoms with Gasteiger partial charge < -0.3 is 5.84 Å². The number of rotatable bonds is 0. The maximum Gasteiger partial charge on any atom is 0.160 e. The molecule has 1 unspecified atom stereocenters. The Kier molecular flexibility index (Phi) is 0.890. The van der Waals surface area contributed by atoms with E-state index in [4.69, 9.17) is 5.84 Å². The fourth-order valence-electron chi connectivity index (χ4n) is 3.42. The van der Waals surface area contributed by atoms with Gasteiger partial charge in [-0.2, -0.15) is 0 Å². The highest BCUT2D eigenvalue weighted by molar-refractivity contribution is 5.83. The van der Waals surface area contributed by atoms with E-state index < -0.39 is 0 Å². The molecule has 3 rings (SSSR count). The second kappa shape index (κ2) is 1.62. The molecule has 2 nitrogen and oxygen atoms in total. The second-order valence-corrected chi connectivity index (χ2v) is 4.30. The average Bonchev–Trinajstić information content (AvgIpc) is 2.61. The molecular formula is C9H14N2. The van der Waals surface area contributed by atoms with Crippen LogP contribution < -0.4 is 0 Å². The van der Waals surface area contributed by atoms with E-state index in [-0.39, 0.29) is 0 Å². The van der Waals surface area contributed by atoms with Crippen LogP contribution in [0.4, 0.5) is 0 Å². The third kappa shape index (κ3) is 0.501. The molecule has 1 saturated carbocycles. The monoisotopic (exact) mass is 150 g/mol. The van der Waals surface area contributed by atoms with Crippen molar-refractivity contribution in [2.75, 3.05) is 0 Å². The van der Waals surface area contributed by atoms with Gasteiger partial charge in [-0.05, 0) is 12.8 Å². The molecule has 2 atom stereocenters. The maximum absolute atomic E-state index is 7.92. The molecule has 0 radical (unpaired) electrons. The van der Waals surface area contributed by atoms with Crippen molar-refractivity contribution < 1.29 is 4.68 Å². The SMILES string of the molecule is [NH-][N+]1=C2CC[C@]13CCCC3C2. The van der Waals surface area contributed by atoms with Crippen molar-refractivity contribution in [2.45, 2.75) is 44.1 Å². The van der Waals surface area contributed by atoms with Crippen molar-refractivity contribution in [3.63, 3.8) is 0 Å². The van der Waals surface area contributed by atoms with Gasteiger partial charge in [0.1, 0.15) is 5.71 Å². The zero-order chi connectivity index (χ0) is 7.47. The molecular weight excluding hydrogens is 136 g/mol. The first-order valence-corrected chi connectivity index (χ1v) is 4.69. The largest absolute Gasteiger partial charge is 0.454 e. The van der Waals surface area contributed by atoms with Crippen molar-refractivity contribution in [3.05, 3.63) is 5.84 Å². The highest BCUT2D eigenvalue weighted by Crippen LogP contribution is 2.52. The van der Waals surface area contributed by atoms with Gasteiger partial charge in [0.15, 0.2) is 5.54 Å². The van der Waals surface area contributed by atoms with Crippen molar-refractivity contribution >= 4 is 5.71 Å². The molecule has 2 heteroatoms. The van der Waals surface area contributed by atoms with E-state index in [1.807, 2.05) is 4.68 Å². The van der Waals surface area contributed by atoms with Gasteiger partial charge in [0.05, 0.1) is 0 Å². The van der Waals surface area contributed by atoms with Crippen molar-refractivity contribution in [3.8, 4) is 0 Å². The van der Waals surface area contributed by atoms with Gasteiger partial charge in [0, 0.05) is 31.6 Å². The fraction of sp³-hybridized carbons (Fsp3) is 0.889. The Labute approximate surface area is 67.1 Å². The van der Waals surface area contributed by atoms with Crippen LogP contribution in [0, 0.1) is 5.92 Å². The van der Waals surface area contributed by atoms with Gasteiger partial charge in [-0.25, -0.2) is 0 Å². The van der Waals surface area contributed by atoms with Crippen molar-refractivity contribution in [1.82, 2.24) is 0 Å². The standard InChI is InChI=1S/C9H14N2/c10-11-8-3-5-9(11)4-1-2-7(9)6-8/h7,10H,1-6H2/t7?,9-/m0/s1. The van der Waals surface area contributed by atoms with Crippen LogP contribution in [0.1, 0.15) is 38.5 Å². The summed E-state index contributed by atoms with van der Waals surface area (Å²) < 4.78 is 1.88. The van der Waals surface area contributed by atoms with Crippen LogP contribution in [0.15, 0.2) is 0 Å². The molecule has 0 saturated heterocycles. The molecule has 0 aromatic rings. The van der Waals surface area contributed by atoms with Crippen LogP contribution in [0.2, 0.25) is 0 Å². The van der Waals surface area contributed by atoms with E-state index >= 15 is 0 Å². The Morgan fingerprint density at radius 1 is 1.45 bits per heavy atom. The number of nitrogens with one attached hydrogen (secondary N) is 1. The van der Waals surface area contributed by atoms with Gasteiger partial charge in [-0.3, -0.25) is 4.68 Å². The highest BCUT2D eigenvalue weighted by Gasteiger charge is 2.58. The van der Waals surface area contributed by atoms with E-state index in [1.54, 1.807) is 0 Å². The van der Waals surface area contributed by atoms with E-state index in [9.17, 15) is 0 Å². The predicted octanol–water partition coefficient (Wildman–Crippen LogP) is 2.14. The Morgan fingerprint density at radius 3 is 3.09 bits per heavy atom. The molecule has 11 heavy (non-hydrogen) atoms. The first kappa shape index (κ1) is 6.04. The molecule has 0 aromatic carbocycles. The van der Waals surface area contributed by atoms with Crippen LogP contribution in [0.3, 0.4) is 0 Å². The number of nitrogens with zero attached hydrogens (tertiary/aromatic N) is 1. The molecule has 2 aliphatic heterocycles. The Morgan fingerprint density at radius 2 is 2.36 bits per heavy atom. The van der Waals surface area contributed by atoms with Crippen LogP contribution in [-0.2, 0) is 0 Å². The minimum absolute atomic E-state index is 0.343. The topological polar surface area (TPSA) is 26.8 Å². The molecule has 3 aliphatic rings. The van der Waals surface area contributed by atoms with Gasteiger partial charge in [-0.1, -0.05) is 0 Å². The summed E-state index contributed by atoms with van der Waals surface area (Å²) in [6, 6.07) is 0. The minimum atomic E-state index is 0.343. The first-order valence-electron chi connectivity index (χ1n) is 4.69. The lowest BCUT2D eigenvalue weighted by Gasteiger charge is -2.25. The molecule has 1 aliphatic carbocycles. The fourth-order valence-corrected chi connectivity index (χ4v) is 3.42. The molecule has 1 spiro atoms. The lowest BCUT2D eigenvalue weighted by molar-refractivity contribution is -0.538. The first-order chi connectivity index (χ1) is 5.33. The molecule has 1 N–H and O–H groups in total.